The lowest BCUT2D eigenvalue weighted by molar-refractivity contribution is -0.152. The third kappa shape index (κ3) is 11.9. The van der Waals surface area contributed by atoms with Crippen LogP contribution < -0.4 is 10.6 Å². The number of phenols is 1. The van der Waals surface area contributed by atoms with Gasteiger partial charge in [0, 0.05) is 34.1 Å². The van der Waals surface area contributed by atoms with Gasteiger partial charge in [-0.3, -0.25) is 28.8 Å². The Morgan fingerprint density at radius 2 is 1.11 bits per heavy atom. The van der Waals surface area contributed by atoms with Crippen LogP contribution >= 0.6 is 0 Å². The Kier molecular flexibility index (Phi) is 16.4. The van der Waals surface area contributed by atoms with Gasteiger partial charge in [-0.2, -0.15) is 0 Å². The van der Waals surface area contributed by atoms with Gasteiger partial charge in [0.05, 0.1) is 0 Å². The normalized spacial score (nSPS) is 26.9. The van der Waals surface area contributed by atoms with Crippen molar-refractivity contribution in [1.82, 2.24) is 30.2 Å². The third-order valence-electron chi connectivity index (χ3n) is 12.1. The fourth-order valence-corrected chi connectivity index (χ4v) is 8.90. The number of likely N-dealkylation sites (N-methyl/N-ethyl adjacent to an activating group) is 3. The monoisotopic (exact) mass is 795 g/mol. The first-order valence-electron chi connectivity index (χ1n) is 21.4. The standard InChI is InChI=1S/C44H70N6O7/c1-27(2)22-33-41(54)49(9)38(24-29(5)6)44(57)48(8)36(25-30-14-11-10-12-15-30)40(53)46-34(23-28(3)4)42(55)50-21-13-16-35(50)43(56)47(7)37(39(52)45-33)26-31-17-19-32(51)20-18-31/h17-20,27-30,33-38,51H,10-16,21-26H2,1-9H3,(H,45,52)(H,46,53)/t33-,34-,35+,36-,37-,38+/m0/s1. The van der Waals surface area contributed by atoms with E-state index in [0.717, 1.165) is 32.1 Å². The summed E-state index contributed by atoms with van der Waals surface area (Å²) in [4.78, 5) is 93.5. The summed E-state index contributed by atoms with van der Waals surface area (Å²) in [5.74, 6) is -2.19. The smallest absolute Gasteiger partial charge is 0.245 e. The Labute approximate surface area is 340 Å². The predicted octanol–water partition coefficient (Wildman–Crippen LogP) is 4.50. The fourth-order valence-electron chi connectivity index (χ4n) is 8.90. The molecule has 0 aromatic heterocycles. The van der Waals surface area contributed by atoms with Crippen LogP contribution in [0.15, 0.2) is 24.3 Å². The summed E-state index contributed by atoms with van der Waals surface area (Å²) in [5, 5.41) is 16.0. The maximum atomic E-state index is 14.8. The molecule has 1 aliphatic carbocycles. The number of aromatic hydroxyl groups is 1. The molecule has 0 radical (unpaired) electrons. The van der Waals surface area contributed by atoms with E-state index in [1.54, 1.807) is 38.2 Å². The van der Waals surface area contributed by atoms with Crippen molar-refractivity contribution >= 4 is 35.4 Å². The van der Waals surface area contributed by atoms with E-state index >= 15 is 0 Å². The summed E-state index contributed by atoms with van der Waals surface area (Å²) < 4.78 is 0. The summed E-state index contributed by atoms with van der Waals surface area (Å²) in [6.07, 6.45) is 7.57. The highest BCUT2D eigenvalue weighted by Gasteiger charge is 2.44. The fraction of sp³-hybridized carbons (Fsp3) is 0.727. The highest BCUT2D eigenvalue weighted by Crippen LogP contribution is 2.30. The summed E-state index contributed by atoms with van der Waals surface area (Å²) >= 11 is 0. The van der Waals surface area contributed by atoms with Gasteiger partial charge in [-0.25, -0.2) is 0 Å². The van der Waals surface area contributed by atoms with E-state index in [1.807, 2.05) is 41.5 Å². The Hall–Kier alpha value is -4.16. The molecule has 1 aromatic rings. The van der Waals surface area contributed by atoms with E-state index in [1.165, 1.54) is 26.8 Å². The molecule has 0 spiro atoms. The van der Waals surface area contributed by atoms with E-state index in [0.29, 0.717) is 44.2 Å². The van der Waals surface area contributed by atoms with Crippen LogP contribution in [0.25, 0.3) is 0 Å². The lowest BCUT2D eigenvalue weighted by Crippen LogP contribution is -2.62. The second-order valence-electron chi connectivity index (χ2n) is 18.2. The molecule has 0 unspecified atom stereocenters. The van der Waals surface area contributed by atoms with Gasteiger partial charge >= 0.3 is 0 Å². The van der Waals surface area contributed by atoms with Crippen LogP contribution in [0.2, 0.25) is 0 Å². The minimum absolute atomic E-state index is 0.0113. The van der Waals surface area contributed by atoms with Gasteiger partial charge < -0.3 is 35.3 Å². The Morgan fingerprint density at radius 1 is 0.596 bits per heavy atom. The van der Waals surface area contributed by atoms with Gasteiger partial charge in [-0.1, -0.05) is 85.8 Å². The number of hydrogen-bond donors (Lipinski definition) is 3. The number of nitrogens with one attached hydrogen (secondary N) is 2. The van der Waals surface area contributed by atoms with Crippen molar-refractivity contribution in [1.29, 1.82) is 0 Å². The molecule has 0 bridgehead atoms. The van der Waals surface area contributed by atoms with Crippen molar-refractivity contribution in [2.75, 3.05) is 27.7 Å². The molecule has 2 saturated heterocycles. The lowest BCUT2D eigenvalue weighted by atomic mass is 9.84. The summed E-state index contributed by atoms with van der Waals surface area (Å²) in [6, 6.07) is 0.707. The van der Waals surface area contributed by atoms with Crippen LogP contribution in [0.4, 0.5) is 0 Å². The van der Waals surface area contributed by atoms with Crippen LogP contribution in [-0.4, -0.2) is 124 Å². The van der Waals surface area contributed by atoms with Crippen LogP contribution in [0.3, 0.4) is 0 Å². The summed E-state index contributed by atoms with van der Waals surface area (Å²) in [5.41, 5.74) is 0.686. The molecule has 4 rings (SSSR count). The van der Waals surface area contributed by atoms with E-state index in [4.69, 9.17) is 0 Å². The molecule has 13 heteroatoms. The lowest BCUT2D eigenvalue weighted by Gasteiger charge is -2.39. The number of rotatable bonds is 10. The van der Waals surface area contributed by atoms with Crippen molar-refractivity contribution in [2.45, 2.75) is 155 Å². The molecule has 3 N–H and O–H groups in total. The van der Waals surface area contributed by atoms with Gasteiger partial charge in [0.25, 0.3) is 0 Å². The van der Waals surface area contributed by atoms with Crippen molar-refractivity contribution in [3.63, 3.8) is 0 Å². The SMILES string of the molecule is CC(C)C[C@@H]1NC(=O)[C@H](Cc2ccc(O)cc2)N(C)C(=O)[C@H]2CCCN2C(=O)[C@H](CC(C)C)NC(=O)[C@H](CC2CCCCC2)N(C)C(=O)[C@@H](CC(C)C)N(C)C1=O. The van der Waals surface area contributed by atoms with Crippen molar-refractivity contribution in [3.05, 3.63) is 29.8 Å². The highest BCUT2D eigenvalue weighted by molar-refractivity contribution is 5.98. The van der Waals surface area contributed by atoms with E-state index in [2.05, 4.69) is 10.6 Å². The molecule has 1 aromatic carbocycles. The van der Waals surface area contributed by atoms with E-state index in [-0.39, 0.29) is 54.1 Å². The molecule has 3 aliphatic rings. The molecule has 13 nitrogen and oxygen atoms in total. The first-order chi connectivity index (χ1) is 26.9. The van der Waals surface area contributed by atoms with E-state index in [9.17, 15) is 33.9 Å². The summed E-state index contributed by atoms with van der Waals surface area (Å²) in [7, 11) is 4.77. The maximum Gasteiger partial charge on any atom is 0.245 e. The third-order valence-corrected chi connectivity index (χ3v) is 12.1. The second kappa shape index (κ2) is 20.5. The largest absolute Gasteiger partial charge is 0.508 e. The Balaban J connectivity index is 1.85. The van der Waals surface area contributed by atoms with Gasteiger partial charge in [0.1, 0.15) is 42.0 Å². The molecule has 6 amide bonds. The maximum absolute atomic E-state index is 14.8. The van der Waals surface area contributed by atoms with Crippen molar-refractivity contribution in [3.8, 4) is 5.75 Å². The van der Waals surface area contributed by atoms with Gasteiger partial charge in [-0.05, 0) is 79.9 Å². The van der Waals surface area contributed by atoms with Gasteiger partial charge in [-0.15, -0.1) is 0 Å². The predicted molar refractivity (Wildman–Crippen MR) is 220 cm³/mol. The molecule has 57 heavy (non-hydrogen) atoms. The number of fused-ring (bicyclic) bond motifs is 1. The van der Waals surface area contributed by atoms with Crippen molar-refractivity contribution in [2.24, 2.45) is 23.7 Å². The quantitative estimate of drug-likeness (QED) is 0.315. The molecule has 2 aliphatic heterocycles. The topological polar surface area (TPSA) is 160 Å². The van der Waals surface area contributed by atoms with Crippen LogP contribution in [0, 0.1) is 23.7 Å². The molecule has 318 valence electrons. The van der Waals surface area contributed by atoms with Crippen LogP contribution in [-0.2, 0) is 35.2 Å². The Morgan fingerprint density at radius 3 is 1.67 bits per heavy atom. The number of benzene rings is 1. The first kappa shape index (κ1) is 45.5. The molecule has 3 fully saturated rings. The van der Waals surface area contributed by atoms with Gasteiger partial charge in [0.2, 0.25) is 35.4 Å². The molecule has 1 saturated carbocycles. The van der Waals surface area contributed by atoms with Crippen LogP contribution in [0.1, 0.15) is 118 Å². The second-order valence-corrected chi connectivity index (χ2v) is 18.2. The zero-order valence-electron chi connectivity index (χ0n) is 36.0. The molecule has 6 atom stereocenters. The average molecular weight is 795 g/mol. The average Bonchev–Trinajstić information content (AvgIpc) is 3.66. The van der Waals surface area contributed by atoms with Gasteiger partial charge in [0.15, 0.2) is 0 Å². The minimum atomic E-state index is -1.07. The number of hydrogen-bond acceptors (Lipinski definition) is 7. The van der Waals surface area contributed by atoms with Crippen LogP contribution in [0.5, 0.6) is 5.75 Å². The molecular weight excluding hydrogens is 725 g/mol. The Bertz CT molecular complexity index is 1560. The number of carbonyl (C=O) groups excluding carboxylic acids is 6. The van der Waals surface area contributed by atoms with E-state index < -0.39 is 59.9 Å². The highest BCUT2D eigenvalue weighted by atomic mass is 16.3. The molecular formula is C44H70N6O7. The van der Waals surface area contributed by atoms with Crippen molar-refractivity contribution < 1.29 is 33.9 Å². The number of carbonyl (C=O) groups is 6. The number of nitrogens with zero attached hydrogens (tertiary/aromatic N) is 4. The molecule has 2 heterocycles. The zero-order valence-corrected chi connectivity index (χ0v) is 36.0. The zero-order chi connectivity index (χ0) is 42.1. The number of phenolic OH excluding ortho intramolecular Hbond substituents is 1. The minimum Gasteiger partial charge on any atom is -0.508 e. The number of amides is 6. The first-order valence-corrected chi connectivity index (χ1v) is 21.4. The summed E-state index contributed by atoms with van der Waals surface area (Å²) in [6.45, 7) is 12.1.